The fraction of sp³-hybridized carbons (Fsp3) is 0.333. The summed E-state index contributed by atoms with van der Waals surface area (Å²) in [4.78, 5) is 23.3. The zero-order valence-electron chi connectivity index (χ0n) is 17.4. The standard InChI is InChI=1S/C24H26N4O2/c1-15-17-7-8-25-23(24(29)26-9-12-28-10-3-4-11-28)19(17)14-20-18-13-16(30-2)5-6-21(18)27-22(15)20/h5-8,13-14,27H,3-4,9-12H2,1-2H3,(H,26,29). The molecule has 6 nitrogen and oxygen atoms in total. The molecule has 4 aromatic rings. The number of aryl methyl sites for hydroxylation is 1. The lowest BCUT2D eigenvalue weighted by Gasteiger charge is -2.15. The average Bonchev–Trinajstić information content (AvgIpc) is 3.41. The maximum Gasteiger partial charge on any atom is 0.270 e. The largest absolute Gasteiger partial charge is 0.497 e. The Morgan fingerprint density at radius 3 is 2.77 bits per heavy atom. The van der Waals surface area contributed by atoms with Crippen LogP contribution in [0, 0.1) is 6.92 Å². The SMILES string of the molecule is COc1ccc2[nH]c3c(C)c4ccnc(C(=O)NCCN5CCCC5)c4cc3c2c1. The van der Waals surface area contributed by atoms with Gasteiger partial charge in [0.1, 0.15) is 11.4 Å². The molecule has 0 bridgehead atoms. The quantitative estimate of drug-likeness (QED) is 0.529. The third-order valence-electron chi connectivity index (χ3n) is 6.23. The zero-order valence-corrected chi connectivity index (χ0v) is 17.4. The van der Waals surface area contributed by atoms with E-state index in [1.807, 2.05) is 24.3 Å². The number of amides is 1. The molecule has 1 saturated heterocycles. The summed E-state index contributed by atoms with van der Waals surface area (Å²) in [7, 11) is 1.67. The van der Waals surface area contributed by atoms with Crippen LogP contribution in [0.2, 0.25) is 0 Å². The third kappa shape index (κ3) is 3.17. The van der Waals surface area contributed by atoms with Crippen molar-refractivity contribution in [2.24, 2.45) is 0 Å². The molecule has 1 amide bonds. The molecule has 1 aliphatic rings. The van der Waals surface area contributed by atoms with Crippen molar-refractivity contribution in [1.82, 2.24) is 20.2 Å². The fourth-order valence-corrected chi connectivity index (χ4v) is 4.59. The third-order valence-corrected chi connectivity index (χ3v) is 6.23. The molecule has 0 aliphatic carbocycles. The summed E-state index contributed by atoms with van der Waals surface area (Å²) < 4.78 is 5.41. The Morgan fingerprint density at radius 2 is 1.97 bits per heavy atom. The van der Waals surface area contributed by atoms with Crippen molar-refractivity contribution in [2.75, 3.05) is 33.3 Å². The highest BCUT2D eigenvalue weighted by molar-refractivity contribution is 6.17. The predicted molar refractivity (Wildman–Crippen MR) is 120 cm³/mol. The number of likely N-dealkylation sites (tertiary alicyclic amines) is 1. The molecule has 0 spiro atoms. The summed E-state index contributed by atoms with van der Waals surface area (Å²) in [5.74, 6) is 0.697. The van der Waals surface area contributed by atoms with Gasteiger partial charge in [-0.1, -0.05) is 0 Å². The van der Waals surface area contributed by atoms with Crippen LogP contribution in [0.4, 0.5) is 0 Å². The summed E-state index contributed by atoms with van der Waals surface area (Å²) in [5, 5.41) is 7.14. The van der Waals surface area contributed by atoms with Crippen LogP contribution in [-0.4, -0.2) is 54.1 Å². The molecule has 2 N–H and O–H groups in total. The number of ether oxygens (including phenoxy) is 1. The van der Waals surface area contributed by atoms with E-state index in [9.17, 15) is 4.79 Å². The summed E-state index contributed by atoms with van der Waals surface area (Å²) in [6.07, 6.45) is 4.23. The molecule has 5 rings (SSSR count). The molecule has 0 unspecified atom stereocenters. The van der Waals surface area contributed by atoms with Gasteiger partial charge in [0, 0.05) is 41.0 Å². The van der Waals surface area contributed by atoms with E-state index in [1.165, 1.54) is 12.8 Å². The predicted octanol–water partition coefficient (Wildman–Crippen LogP) is 4.01. The Bertz CT molecular complexity index is 1250. The van der Waals surface area contributed by atoms with E-state index in [-0.39, 0.29) is 5.91 Å². The van der Waals surface area contributed by atoms with E-state index in [2.05, 4.69) is 33.2 Å². The number of nitrogens with zero attached hydrogens (tertiary/aromatic N) is 2. The molecular formula is C24H26N4O2. The van der Waals surface area contributed by atoms with E-state index in [4.69, 9.17) is 4.74 Å². The van der Waals surface area contributed by atoms with Crippen molar-refractivity contribution in [3.8, 4) is 5.75 Å². The maximum atomic E-state index is 13.0. The number of rotatable bonds is 5. The molecule has 0 atom stereocenters. The first-order chi connectivity index (χ1) is 14.7. The van der Waals surface area contributed by atoms with Gasteiger partial charge in [-0.2, -0.15) is 0 Å². The number of nitrogens with one attached hydrogen (secondary N) is 2. The van der Waals surface area contributed by atoms with Crippen molar-refractivity contribution in [1.29, 1.82) is 0 Å². The number of benzene rings is 2. The van der Waals surface area contributed by atoms with Gasteiger partial charge in [0.2, 0.25) is 0 Å². The molecule has 1 aliphatic heterocycles. The van der Waals surface area contributed by atoms with Gasteiger partial charge in [0.05, 0.1) is 12.6 Å². The fourth-order valence-electron chi connectivity index (χ4n) is 4.59. The molecule has 3 heterocycles. The number of methoxy groups -OCH3 is 1. The second-order valence-corrected chi connectivity index (χ2v) is 8.02. The van der Waals surface area contributed by atoms with Crippen LogP contribution in [0.3, 0.4) is 0 Å². The number of aromatic nitrogens is 2. The molecule has 2 aromatic heterocycles. The van der Waals surface area contributed by atoms with Gasteiger partial charge < -0.3 is 19.9 Å². The molecule has 0 radical (unpaired) electrons. The minimum Gasteiger partial charge on any atom is -0.497 e. The van der Waals surface area contributed by atoms with E-state index >= 15 is 0 Å². The molecular weight excluding hydrogens is 376 g/mol. The number of fused-ring (bicyclic) bond motifs is 4. The monoisotopic (exact) mass is 402 g/mol. The Morgan fingerprint density at radius 1 is 1.13 bits per heavy atom. The lowest BCUT2D eigenvalue weighted by molar-refractivity contribution is 0.0946. The van der Waals surface area contributed by atoms with Gasteiger partial charge in [-0.3, -0.25) is 9.78 Å². The van der Waals surface area contributed by atoms with Crippen LogP contribution >= 0.6 is 0 Å². The Balaban J connectivity index is 1.56. The van der Waals surface area contributed by atoms with Gasteiger partial charge in [0.15, 0.2) is 0 Å². The van der Waals surface area contributed by atoms with Crippen LogP contribution in [0.25, 0.3) is 32.6 Å². The first-order valence-electron chi connectivity index (χ1n) is 10.5. The summed E-state index contributed by atoms with van der Waals surface area (Å²) >= 11 is 0. The number of aromatic amines is 1. The summed E-state index contributed by atoms with van der Waals surface area (Å²) in [6.45, 7) is 5.88. The second kappa shape index (κ2) is 7.61. The van der Waals surface area contributed by atoms with Gasteiger partial charge in [0.25, 0.3) is 5.91 Å². The van der Waals surface area contributed by atoms with Crippen molar-refractivity contribution in [2.45, 2.75) is 19.8 Å². The van der Waals surface area contributed by atoms with E-state index in [0.29, 0.717) is 12.2 Å². The second-order valence-electron chi connectivity index (χ2n) is 8.02. The highest BCUT2D eigenvalue weighted by Crippen LogP contribution is 2.35. The Hall–Kier alpha value is -3.12. The number of H-pyrrole nitrogens is 1. The first kappa shape index (κ1) is 18.9. The lowest BCUT2D eigenvalue weighted by atomic mass is 10.00. The molecule has 30 heavy (non-hydrogen) atoms. The highest BCUT2D eigenvalue weighted by Gasteiger charge is 2.17. The van der Waals surface area contributed by atoms with Crippen LogP contribution in [0.15, 0.2) is 36.5 Å². The molecule has 6 heteroatoms. The Labute approximate surface area is 175 Å². The number of pyridine rings is 1. The maximum absolute atomic E-state index is 13.0. The smallest absolute Gasteiger partial charge is 0.270 e. The van der Waals surface area contributed by atoms with Crippen LogP contribution in [0.5, 0.6) is 5.75 Å². The zero-order chi connectivity index (χ0) is 20.7. The van der Waals surface area contributed by atoms with Gasteiger partial charge in [-0.15, -0.1) is 0 Å². The van der Waals surface area contributed by atoms with Crippen LogP contribution in [-0.2, 0) is 0 Å². The number of carbonyl (C=O) groups excluding carboxylic acids is 1. The topological polar surface area (TPSA) is 70.2 Å². The van der Waals surface area contributed by atoms with Crippen molar-refractivity contribution in [3.63, 3.8) is 0 Å². The summed E-state index contributed by atoms with van der Waals surface area (Å²) in [5.41, 5.74) is 3.73. The van der Waals surface area contributed by atoms with E-state index < -0.39 is 0 Å². The van der Waals surface area contributed by atoms with E-state index in [1.54, 1.807) is 13.3 Å². The number of hydrogen-bond donors (Lipinski definition) is 2. The van der Waals surface area contributed by atoms with Gasteiger partial charge >= 0.3 is 0 Å². The molecule has 0 saturated carbocycles. The minimum absolute atomic E-state index is 0.115. The minimum atomic E-state index is -0.115. The first-order valence-corrected chi connectivity index (χ1v) is 10.5. The average molecular weight is 402 g/mol. The van der Waals surface area contributed by atoms with Crippen LogP contribution < -0.4 is 10.1 Å². The number of hydrogen-bond acceptors (Lipinski definition) is 4. The normalized spacial score (nSPS) is 14.7. The summed E-state index contributed by atoms with van der Waals surface area (Å²) in [6, 6.07) is 10.1. The molecule has 1 fully saturated rings. The lowest BCUT2D eigenvalue weighted by Crippen LogP contribution is -2.33. The molecule has 2 aromatic carbocycles. The van der Waals surface area contributed by atoms with Gasteiger partial charge in [-0.25, -0.2) is 0 Å². The van der Waals surface area contributed by atoms with Crippen LogP contribution in [0.1, 0.15) is 28.9 Å². The number of carbonyl (C=O) groups is 1. The molecule has 154 valence electrons. The van der Waals surface area contributed by atoms with Crippen molar-refractivity contribution < 1.29 is 9.53 Å². The Kier molecular flexibility index (Phi) is 4.79. The van der Waals surface area contributed by atoms with E-state index in [0.717, 1.165) is 63.5 Å². The van der Waals surface area contributed by atoms with Gasteiger partial charge in [-0.05, 0) is 74.1 Å². The highest BCUT2D eigenvalue weighted by atomic mass is 16.5. The van der Waals surface area contributed by atoms with Crippen molar-refractivity contribution >= 4 is 38.5 Å². The van der Waals surface area contributed by atoms with Crippen molar-refractivity contribution in [3.05, 3.63) is 47.8 Å².